The van der Waals surface area contributed by atoms with Crippen molar-refractivity contribution in [2.75, 3.05) is 39.8 Å². The number of aryl methyl sites for hydroxylation is 1. The van der Waals surface area contributed by atoms with Gasteiger partial charge in [0.2, 0.25) is 0 Å². The fraction of sp³-hybridized carbons (Fsp3) is 0.375. The Kier molecular flexibility index (Phi) is 6.44. The average molecular weight is 422 g/mol. The van der Waals surface area contributed by atoms with Gasteiger partial charge in [0.25, 0.3) is 11.5 Å². The van der Waals surface area contributed by atoms with Crippen LogP contribution in [-0.4, -0.2) is 60.5 Å². The van der Waals surface area contributed by atoms with Crippen molar-refractivity contribution >= 4 is 16.8 Å². The average Bonchev–Trinajstić information content (AvgIpc) is 2.74. The lowest BCUT2D eigenvalue weighted by Gasteiger charge is -2.32. The number of benzene rings is 2. The zero-order chi connectivity index (χ0) is 21.8. The molecule has 0 spiro atoms. The van der Waals surface area contributed by atoms with Crippen LogP contribution in [-0.2, 0) is 17.9 Å². The van der Waals surface area contributed by atoms with E-state index in [0.29, 0.717) is 29.8 Å². The molecule has 1 amide bonds. The van der Waals surface area contributed by atoms with Gasteiger partial charge in [-0.1, -0.05) is 42.0 Å². The second kappa shape index (κ2) is 9.41. The van der Waals surface area contributed by atoms with E-state index in [1.807, 2.05) is 30.1 Å². The molecule has 2 aromatic carbocycles. The fourth-order valence-electron chi connectivity index (χ4n) is 4.30. The zero-order valence-corrected chi connectivity index (χ0v) is 18.3. The molecule has 1 atom stereocenters. The molecule has 3 aromatic rings. The highest BCUT2D eigenvalue weighted by Gasteiger charge is 2.26. The lowest BCUT2D eigenvalue weighted by atomic mass is 10.1. The number of hydrogen-bond acceptors (Lipinski definition) is 3. The van der Waals surface area contributed by atoms with Gasteiger partial charge in [0.15, 0.2) is 12.4 Å². The summed E-state index contributed by atoms with van der Waals surface area (Å²) < 4.78 is 0. The van der Waals surface area contributed by atoms with Crippen molar-refractivity contribution in [3.8, 4) is 0 Å². The summed E-state index contributed by atoms with van der Waals surface area (Å²) in [6, 6.07) is 16.0. The summed E-state index contributed by atoms with van der Waals surface area (Å²) in [5.74, 6) is 0.775. The molecule has 2 heterocycles. The first kappa shape index (κ1) is 21.2. The number of fused-ring (bicyclic) bond motifs is 1. The minimum absolute atomic E-state index is 0.132. The van der Waals surface area contributed by atoms with E-state index in [-0.39, 0.29) is 11.5 Å². The first-order chi connectivity index (χ1) is 15.0. The standard InChI is InChI=1S/C24H29N5O2/c1-18-6-5-7-19(14-18)15-28-10-12-29(13-11-28)23(30)17-27(2)16-22-25-21-9-4-3-8-20(21)24(31)26-22/h3-9,14H,10-13,15-17H2,1-2H3,(H,25,26,31)/p+2. The van der Waals surface area contributed by atoms with Crippen LogP contribution in [0.1, 0.15) is 17.0 Å². The lowest BCUT2D eigenvalue weighted by molar-refractivity contribution is -0.918. The van der Waals surface area contributed by atoms with E-state index < -0.39 is 0 Å². The Balaban J connectivity index is 1.28. The van der Waals surface area contributed by atoms with Gasteiger partial charge in [-0.3, -0.25) is 9.59 Å². The SMILES string of the molecule is Cc1cccc(C[NH+]2CCN(C(=O)C[NH+](C)Cc3nc4ccccc4c(=O)[nH]3)CC2)c1. The number of aromatic nitrogens is 2. The van der Waals surface area contributed by atoms with Crippen LogP contribution >= 0.6 is 0 Å². The molecule has 4 rings (SSSR count). The van der Waals surface area contributed by atoms with Crippen molar-refractivity contribution in [1.29, 1.82) is 0 Å². The smallest absolute Gasteiger partial charge is 0.278 e. The fourth-order valence-corrected chi connectivity index (χ4v) is 4.30. The summed E-state index contributed by atoms with van der Waals surface area (Å²) in [5.41, 5.74) is 3.20. The summed E-state index contributed by atoms with van der Waals surface area (Å²) in [5, 5.41) is 0.589. The number of H-pyrrole nitrogens is 1. The molecule has 1 aromatic heterocycles. The van der Waals surface area contributed by atoms with Crippen molar-refractivity contribution in [2.45, 2.75) is 20.0 Å². The molecule has 1 fully saturated rings. The zero-order valence-electron chi connectivity index (χ0n) is 18.3. The van der Waals surface area contributed by atoms with Crippen molar-refractivity contribution < 1.29 is 14.6 Å². The van der Waals surface area contributed by atoms with E-state index in [9.17, 15) is 9.59 Å². The minimum atomic E-state index is -0.132. The van der Waals surface area contributed by atoms with Gasteiger partial charge in [-0.05, 0) is 19.1 Å². The molecule has 3 N–H and O–H groups in total. The quantitative estimate of drug-likeness (QED) is 0.487. The third-order valence-corrected chi connectivity index (χ3v) is 5.94. The number of rotatable bonds is 6. The minimum Gasteiger partial charge on any atom is -0.328 e. The Morgan fingerprint density at radius 3 is 2.71 bits per heavy atom. The Bertz CT molecular complexity index is 1120. The van der Waals surface area contributed by atoms with Crippen LogP contribution in [0.5, 0.6) is 0 Å². The van der Waals surface area contributed by atoms with Crippen molar-refractivity contribution in [3.63, 3.8) is 0 Å². The number of piperazine rings is 1. The first-order valence-electron chi connectivity index (χ1n) is 10.9. The highest BCUT2D eigenvalue weighted by molar-refractivity contribution is 5.77. The molecule has 7 nitrogen and oxygen atoms in total. The summed E-state index contributed by atoms with van der Waals surface area (Å²) in [4.78, 5) is 36.9. The lowest BCUT2D eigenvalue weighted by Crippen LogP contribution is -3.14. The maximum absolute atomic E-state index is 12.8. The van der Waals surface area contributed by atoms with Crippen LogP contribution in [0.15, 0.2) is 53.3 Å². The summed E-state index contributed by atoms with van der Waals surface area (Å²) >= 11 is 0. The number of carbonyl (C=O) groups excluding carboxylic acids is 1. The van der Waals surface area contributed by atoms with Crippen molar-refractivity contribution in [1.82, 2.24) is 14.9 Å². The van der Waals surface area contributed by atoms with Gasteiger partial charge in [0.05, 0.1) is 44.1 Å². The van der Waals surface area contributed by atoms with Gasteiger partial charge in [-0.15, -0.1) is 0 Å². The number of nitrogens with one attached hydrogen (secondary N) is 3. The largest absolute Gasteiger partial charge is 0.328 e. The summed E-state index contributed by atoms with van der Waals surface area (Å²) in [6.07, 6.45) is 0. The van der Waals surface area contributed by atoms with Crippen molar-refractivity contribution in [2.24, 2.45) is 0 Å². The number of para-hydroxylation sites is 1. The number of amides is 1. The van der Waals surface area contributed by atoms with Crippen LogP contribution < -0.4 is 15.4 Å². The molecule has 31 heavy (non-hydrogen) atoms. The molecular weight excluding hydrogens is 390 g/mol. The van der Waals surface area contributed by atoms with E-state index in [1.165, 1.54) is 16.0 Å². The van der Waals surface area contributed by atoms with Crippen LogP contribution in [0.2, 0.25) is 0 Å². The summed E-state index contributed by atoms with van der Waals surface area (Å²) in [6.45, 7) is 7.55. The van der Waals surface area contributed by atoms with Crippen LogP contribution in [0.4, 0.5) is 0 Å². The van der Waals surface area contributed by atoms with E-state index >= 15 is 0 Å². The number of likely N-dealkylation sites (N-methyl/N-ethyl adjacent to an activating group) is 1. The van der Waals surface area contributed by atoms with E-state index in [0.717, 1.165) is 37.6 Å². The van der Waals surface area contributed by atoms with Crippen LogP contribution in [0, 0.1) is 6.92 Å². The van der Waals surface area contributed by atoms with Crippen LogP contribution in [0.3, 0.4) is 0 Å². The number of nitrogens with zero attached hydrogens (tertiary/aromatic N) is 2. The molecular formula is C24H31N5O2+2. The Morgan fingerprint density at radius 2 is 1.94 bits per heavy atom. The second-order valence-electron chi connectivity index (χ2n) is 8.64. The monoisotopic (exact) mass is 421 g/mol. The number of carbonyl (C=O) groups is 1. The van der Waals surface area contributed by atoms with E-state index in [1.54, 1.807) is 6.07 Å². The molecule has 7 heteroatoms. The predicted molar refractivity (Wildman–Crippen MR) is 120 cm³/mol. The molecule has 1 aliphatic heterocycles. The molecule has 0 saturated carbocycles. The number of quaternary nitrogens is 2. The highest BCUT2D eigenvalue weighted by Crippen LogP contribution is 2.05. The Labute approximate surface area is 182 Å². The van der Waals surface area contributed by atoms with E-state index in [2.05, 4.69) is 41.2 Å². The molecule has 0 radical (unpaired) electrons. The Morgan fingerprint density at radius 1 is 1.16 bits per heavy atom. The van der Waals surface area contributed by atoms with Gasteiger partial charge in [-0.2, -0.15) is 0 Å². The maximum atomic E-state index is 12.8. The number of hydrogen-bond donors (Lipinski definition) is 3. The van der Waals surface area contributed by atoms with Gasteiger partial charge >= 0.3 is 0 Å². The third kappa shape index (κ3) is 5.37. The maximum Gasteiger partial charge on any atom is 0.278 e. The van der Waals surface area contributed by atoms with Crippen molar-refractivity contribution in [3.05, 3.63) is 75.8 Å². The number of aromatic amines is 1. The van der Waals surface area contributed by atoms with Crippen LogP contribution in [0.25, 0.3) is 10.9 Å². The second-order valence-corrected chi connectivity index (χ2v) is 8.64. The Hall–Kier alpha value is -3.03. The molecule has 1 unspecified atom stereocenters. The molecule has 0 aliphatic carbocycles. The molecule has 0 bridgehead atoms. The normalized spacial score (nSPS) is 15.9. The third-order valence-electron chi connectivity index (χ3n) is 5.94. The molecule has 1 saturated heterocycles. The van der Waals surface area contributed by atoms with Gasteiger partial charge in [0.1, 0.15) is 13.1 Å². The topological polar surface area (TPSA) is 74.9 Å². The predicted octanol–water partition coefficient (Wildman–Crippen LogP) is -0.826. The van der Waals surface area contributed by atoms with Gasteiger partial charge in [0, 0.05) is 5.56 Å². The summed E-state index contributed by atoms with van der Waals surface area (Å²) in [7, 11) is 1.96. The first-order valence-corrected chi connectivity index (χ1v) is 10.9. The van der Waals surface area contributed by atoms with E-state index in [4.69, 9.17) is 0 Å². The van der Waals surface area contributed by atoms with Gasteiger partial charge in [-0.25, -0.2) is 4.98 Å². The molecule has 162 valence electrons. The van der Waals surface area contributed by atoms with Gasteiger partial charge < -0.3 is 19.7 Å². The molecule has 1 aliphatic rings. The highest BCUT2D eigenvalue weighted by atomic mass is 16.2.